The van der Waals surface area contributed by atoms with Crippen LogP contribution in [0.25, 0.3) is 22.4 Å². The Hall–Kier alpha value is -3.97. The molecule has 0 N–H and O–H groups in total. The molecule has 134 valence electrons. The maximum absolute atomic E-state index is 9.24. The van der Waals surface area contributed by atoms with Gasteiger partial charge in [-0.3, -0.25) is 9.97 Å². The molecule has 0 bridgehead atoms. The van der Waals surface area contributed by atoms with E-state index in [2.05, 4.69) is 16.0 Å². The third kappa shape index (κ3) is 3.74. The first-order valence-corrected chi connectivity index (χ1v) is 8.89. The number of nitrogens with zero attached hydrogens (tertiary/aromatic N) is 3. The molecule has 4 rings (SSSR count). The summed E-state index contributed by atoms with van der Waals surface area (Å²) in [5.74, 6) is 1.41. The second-order valence-electron chi connectivity index (χ2n) is 6.35. The highest BCUT2D eigenvalue weighted by Crippen LogP contribution is 2.34. The van der Waals surface area contributed by atoms with Crippen molar-refractivity contribution in [2.45, 2.75) is 6.92 Å². The molecule has 0 aliphatic heterocycles. The highest BCUT2D eigenvalue weighted by molar-refractivity contribution is 5.72. The first-order valence-electron chi connectivity index (χ1n) is 8.89. The number of hydrogen-bond donors (Lipinski definition) is 0. The van der Waals surface area contributed by atoms with Crippen molar-refractivity contribution in [3.63, 3.8) is 0 Å². The summed E-state index contributed by atoms with van der Waals surface area (Å²) in [5.41, 5.74) is 5.33. The molecule has 4 nitrogen and oxygen atoms in total. The maximum atomic E-state index is 9.24. The molecule has 2 heterocycles. The lowest BCUT2D eigenvalue weighted by atomic mass is 10.0. The van der Waals surface area contributed by atoms with Crippen molar-refractivity contribution < 1.29 is 4.74 Å². The predicted octanol–water partition coefficient (Wildman–Crippen LogP) is 5.78. The summed E-state index contributed by atoms with van der Waals surface area (Å²) >= 11 is 0. The van der Waals surface area contributed by atoms with Gasteiger partial charge < -0.3 is 4.74 Å². The Kier molecular flexibility index (Phi) is 4.81. The second-order valence-corrected chi connectivity index (χ2v) is 6.35. The van der Waals surface area contributed by atoms with E-state index in [0.29, 0.717) is 11.3 Å². The molecule has 28 heavy (non-hydrogen) atoms. The van der Waals surface area contributed by atoms with Gasteiger partial charge in [-0.1, -0.05) is 6.07 Å². The van der Waals surface area contributed by atoms with Crippen LogP contribution in [0.2, 0.25) is 0 Å². The van der Waals surface area contributed by atoms with Crippen molar-refractivity contribution in [3.05, 3.63) is 96.4 Å². The second kappa shape index (κ2) is 7.73. The predicted molar refractivity (Wildman–Crippen MR) is 109 cm³/mol. The van der Waals surface area contributed by atoms with Crippen molar-refractivity contribution in [1.82, 2.24) is 9.97 Å². The molecule has 0 spiro atoms. The Morgan fingerprint density at radius 1 is 0.857 bits per heavy atom. The molecule has 2 aromatic carbocycles. The van der Waals surface area contributed by atoms with Crippen LogP contribution in [0.4, 0.5) is 0 Å². The fraction of sp³-hybridized carbons (Fsp3) is 0.0417. The van der Waals surface area contributed by atoms with E-state index < -0.39 is 0 Å². The number of aromatic nitrogens is 2. The number of pyridine rings is 2. The molecule has 0 fully saturated rings. The minimum absolute atomic E-state index is 0.583. The molecule has 0 aliphatic carbocycles. The number of rotatable bonds is 4. The number of aryl methyl sites for hydroxylation is 1. The molecule has 0 aliphatic rings. The van der Waals surface area contributed by atoms with E-state index in [4.69, 9.17) is 4.74 Å². The van der Waals surface area contributed by atoms with E-state index in [1.54, 1.807) is 18.5 Å². The lowest BCUT2D eigenvalue weighted by Gasteiger charge is -2.12. The van der Waals surface area contributed by atoms with Gasteiger partial charge in [-0.2, -0.15) is 5.26 Å². The van der Waals surface area contributed by atoms with Gasteiger partial charge in [0.05, 0.1) is 17.3 Å². The van der Waals surface area contributed by atoms with Gasteiger partial charge in [0.2, 0.25) is 0 Å². The molecule has 0 unspecified atom stereocenters. The quantitative estimate of drug-likeness (QED) is 0.461. The van der Waals surface area contributed by atoms with E-state index in [1.165, 1.54) is 0 Å². The number of ether oxygens (including phenoxy) is 1. The lowest BCUT2D eigenvalue weighted by Crippen LogP contribution is -1.91. The maximum Gasteiger partial charge on any atom is 0.135 e. The van der Waals surface area contributed by atoms with Crippen LogP contribution < -0.4 is 4.74 Å². The molecular weight excluding hydrogens is 346 g/mol. The van der Waals surface area contributed by atoms with Crippen molar-refractivity contribution in [2.75, 3.05) is 0 Å². The van der Waals surface area contributed by atoms with Gasteiger partial charge in [-0.25, -0.2) is 0 Å². The van der Waals surface area contributed by atoms with Crippen LogP contribution in [0.5, 0.6) is 11.5 Å². The standard InChI is InChI=1S/C24H17N3O/c1-17-3-2-4-23(27-17)20-6-8-21(9-7-20)28-24-10-5-18(16-25)15-22(24)19-11-13-26-14-12-19/h2-15H,1H3. The van der Waals surface area contributed by atoms with E-state index in [1.807, 2.05) is 73.7 Å². The van der Waals surface area contributed by atoms with E-state index in [0.717, 1.165) is 33.8 Å². The third-order valence-electron chi connectivity index (χ3n) is 4.37. The molecule has 0 amide bonds. The highest BCUT2D eigenvalue weighted by Gasteiger charge is 2.10. The zero-order valence-corrected chi connectivity index (χ0v) is 15.3. The van der Waals surface area contributed by atoms with Crippen molar-refractivity contribution in [1.29, 1.82) is 5.26 Å². The van der Waals surface area contributed by atoms with Gasteiger partial charge in [-0.15, -0.1) is 0 Å². The summed E-state index contributed by atoms with van der Waals surface area (Å²) in [6, 6.07) is 25.2. The van der Waals surface area contributed by atoms with E-state index >= 15 is 0 Å². The van der Waals surface area contributed by atoms with Gasteiger partial charge >= 0.3 is 0 Å². The number of hydrogen-bond acceptors (Lipinski definition) is 4. The lowest BCUT2D eigenvalue weighted by molar-refractivity contribution is 0.484. The summed E-state index contributed by atoms with van der Waals surface area (Å²) in [5, 5.41) is 9.24. The summed E-state index contributed by atoms with van der Waals surface area (Å²) < 4.78 is 6.13. The highest BCUT2D eigenvalue weighted by atomic mass is 16.5. The molecule has 0 radical (unpaired) electrons. The smallest absolute Gasteiger partial charge is 0.135 e. The largest absolute Gasteiger partial charge is 0.457 e. The molecule has 4 aromatic rings. The fourth-order valence-corrected chi connectivity index (χ4v) is 2.97. The van der Waals surface area contributed by atoms with Crippen LogP contribution in [0.15, 0.2) is 85.2 Å². The number of nitriles is 1. The molecule has 0 saturated carbocycles. The summed E-state index contributed by atoms with van der Waals surface area (Å²) in [4.78, 5) is 8.61. The van der Waals surface area contributed by atoms with Crippen molar-refractivity contribution in [2.24, 2.45) is 0 Å². The molecule has 4 heteroatoms. The van der Waals surface area contributed by atoms with Gasteiger partial charge in [0.1, 0.15) is 11.5 Å². The number of benzene rings is 2. The normalized spacial score (nSPS) is 10.3. The average molecular weight is 363 g/mol. The van der Waals surface area contributed by atoms with Gasteiger partial charge in [0, 0.05) is 29.2 Å². The molecular formula is C24H17N3O. The summed E-state index contributed by atoms with van der Waals surface area (Å²) in [6.45, 7) is 1.98. The topological polar surface area (TPSA) is 58.8 Å². The van der Waals surface area contributed by atoms with Crippen molar-refractivity contribution in [3.8, 4) is 40.0 Å². The molecule has 0 atom stereocenters. The van der Waals surface area contributed by atoms with Gasteiger partial charge in [0.15, 0.2) is 0 Å². The summed E-state index contributed by atoms with van der Waals surface area (Å²) in [6.07, 6.45) is 3.45. The van der Waals surface area contributed by atoms with Gasteiger partial charge in [-0.05, 0) is 79.2 Å². The molecule has 0 saturated heterocycles. The third-order valence-corrected chi connectivity index (χ3v) is 4.37. The average Bonchev–Trinajstić information content (AvgIpc) is 2.75. The summed E-state index contributed by atoms with van der Waals surface area (Å²) in [7, 11) is 0. The van der Waals surface area contributed by atoms with Crippen LogP contribution in [0, 0.1) is 18.3 Å². The van der Waals surface area contributed by atoms with Crippen LogP contribution in [0.3, 0.4) is 0 Å². The first-order chi connectivity index (χ1) is 13.7. The Balaban J connectivity index is 1.65. The van der Waals surface area contributed by atoms with Crippen molar-refractivity contribution >= 4 is 0 Å². The van der Waals surface area contributed by atoms with E-state index in [9.17, 15) is 5.26 Å². The van der Waals surface area contributed by atoms with Crippen LogP contribution in [-0.2, 0) is 0 Å². The Morgan fingerprint density at radius 3 is 2.36 bits per heavy atom. The monoisotopic (exact) mass is 363 g/mol. The Labute approximate surface area is 163 Å². The van der Waals surface area contributed by atoms with Gasteiger partial charge in [0.25, 0.3) is 0 Å². The van der Waals surface area contributed by atoms with Crippen LogP contribution in [0.1, 0.15) is 11.3 Å². The van der Waals surface area contributed by atoms with E-state index in [-0.39, 0.29) is 0 Å². The first kappa shape index (κ1) is 17.4. The van der Waals surface area contributed by atoms with Crippen LogP contribution in [-0.4, -0.2) is 9.97 Å². The molecule has 2 aromatic heterocycles. The minimum atomic E-state index is 0.583. The SMILES string of the molecule is Cc1cccc(-c2ccc(Oc3ccc(C#N)cc3-c3ccncc3)cc2)n1. The Morgan fingerprint density at radius 2 is 1.64 bits per heavy atom. The Bertz CT molecular complexity index is 1150. The zero-order chi connectivity index (χ0) is 19.3. The zero-order valence-electron chi connectivity index (χ0n) is 15.3. The minimum Gasteiger partial charge on any atom is -0.457 e. The van der Waals surface area contributed by atoms with Crippen LogP contribution >= 0.6 is 0 Å². The fourth-order valence-electron chi connectivity index (χ4n) is 2.97.